The highest BCUT2D eigenvalue weighted by Gasteiger charge is 2.30. The van der Waals surface area contributed by atoms with Crippen molar-refractivity contribution >= 4 is 10.9 Å². The van der Waals surface area contributed by atoms with Crippen LogP contribution in [0, 0.1) is 0 Å². The Morgan fingerprint density at radius 2 is 1.93 bits per heavy atom. The molecule has 7 nitrogen and oxygen atoms in total. The molecule has 0 amide bonds. The third kappa shape index (κ3) is 3.15. The summed E-state index contributed by atoms with van der Waals surface area (Å²) in [4.78, 5) is 21.7. The molecule has 0 aliphatic carbocycles. The number of aromatic amines is 1. The molecular weight excluding hydrogens is 346 g/mol. The molecule has 1 aliphatic rings. The number of aliphatic hydroxyl groups excluding tert-OH is 1. The molecule has 4 rings (SSSR count). The van der Waals surface area contributed by atoms with Gasteiger partial charge in [0.25, 0.3) is 5.56 Å². The molecule has 0 bridgehead atoms. The van der Waals surface area contributed by atoms with Gasteiger partial charge in [0.05, 0.1) is 37.8 Å². The second-order valence-corrected chi connectivity index (χ2v) is 6.58. The maximum absolute atomic E-state index is 12.3. The van der Waals surface area contributed by atoms with Gasteiger partial charge < -0.3 is 19.6 Å². The summed E-state index contributed by atoms with van der Waals surface area (Å²) < 4.78 is 10.9. The molecule has 1 aromatic heterocycles. The van der Waals surface area contributed by atoms with Crippen LogP contribution in [-0.4, -0.2) is 40.7 Å². The van der Waals surface area contributed by atoms with Gasteiger partial charge in [0.1, 0.15) is 17.3 Å². The molecule has 1 atom stereocenters. The molecular formula is C20H21N3O4. The zero-order valence-corrected chi connectivity index (χ0v) is 15.2. The van der Waals surface area contributed by atoms with Gasteiger partial charge in [-0.2, -0.15) is 0 Å². The van der Waals surface area contributed by atoms with Crippen molar-refractivity contribution in [3.8, 4) is 11.5 Å². The normalized spacial score (nSPS) is 16.9. The fourth-order valence-corrected chi connectivity index (χ4v) is 3.69. The van der Waals surface area contributed by atoms with Crippen LogP contribution in [0.4, 0.5) is 0 Å². The zero-order chi connectivity index (χ0) is 19.0. The maximum atomic E-state index is 12.3. The summed E-state index contributed by atoms with van der Waals surface area (Å²) in [6.45, 7) is 1.38. The first-order valence-electron chi connectivity index (χ1n) is 8.73. The van der Waals surface area contributed by atoms with Gasteiger partial charge in [0.15, 0.2) is 0 Å². The monoisotopic (exact) mass is 367 g/mol. The Morgan fingerprint density at radius 3 is 2.70 bits per heavy atom. The second-order valence-electron chi connectivity index (χ2n) is 6.58. The number of nitrogens with one attached hydrogen (secondary N) is 1. The highest BCUT2D eigenvalue weighted by atomic mass is 16.5. The van der Waals surface area contributed by atoms with Gasteiger partial charge in [-0.3, -0.25) is 9.69 Å². The third-order valence-electron chi connectivity index (χ3n) is 4.90. The summed E-state index contributed by atoms with van der Waals surface area (Å²) in [5, 5.41) is 11.3. The minimum atomic E-state index is -0.717. The van der Waals surface area contributed by atoms with Crippen molar-refractivity contribution in [1.82, 2.24) is 14.9 Å². The van der Waals surface area contributed by atoms with Crippen LogP contribution in [-0.2, 0) is 13.1 Å². The van der Waals surface area contributed by atoms with E-state index >= 15 is 0 Å². The molecule has 27 heavy (non-hydrogen) atoms. The standard InChI is InChI=1S/C20H21N3O4/c1-26-16-7-8-17(27-2)19-13(16)9-23(10-15(19)24)11-18-21-14-6-4-3-5-12(14)20(25)22-18/h3-8,15,24H,9-11H2,1-2H3,(H,21,22,25)/t15-/m0/s1. The van der Waals surface area contributed by atoms with Crippen molar-refractivity contribution < 1.29 is 14.6 Å². The molecule has 0 fully saturated rings. The molecule has 0 radical (unpaired) electrons. The molecule has 0 unspecified atom stereocenters. The summed E-state index contributed by atoms with van der Waals surface area (Å²) in [6, 6.07) is 10.9. The van der Waals surface area contributed by atoms with Crippen molar-refractivity contribution in [2.75, 3.05) is 20.8 Å². The number of β-amino-alcohol motifs (C(OH)–C–C–N with tert-alkyl or cyclic N) is 1. The Kier molecular flexibility index (Phi) is 4.55. The summed E-state index contributed by atoms with van der Waals surface area (Å²) in [7, 11) is 3.20. The second kappa shape index (κ2) is 7.02. The first-order chi connectivity index (χ1) is 13.1. The number of hydrogen-bond acceptors (Lipinski definition) is 6. The van der Waals surface area contributed by atoms with Crippen LogP contribution in [0.25, 0.3) is 10.9 Å². The average molecular weight is 367 g/mol. The first-order valence-corrected chi connectivity index (χ1v) is 8.73. The van der Waals surface area contributed by atoms with E-state index in [1.165, 1.54) is 0 Å². The molecule has 0 spiro atoms. The molecule has 3 aromatic rings. The van der Waals surface area contributed by atoms with Crippen LogP contribution in [0.1, 0.15) is 23.1 Å². The van der Waals surface area contributed by atoms with Gasteiger partial charge >= 0.3 is 0 Å². The van der Waals surface area contributed by atoms with E-state index in [9.17, 15) is 9.90 Å². The van der Waals surface area contributed by atoms with E-state index in [1.54, 1.807) is 26.4 Å². The van der Waals surface area contributed by atoms with Crippen LogP contribution in [0.3, 0.4) is 0 Å². The molecule has 140 valence electrons. The van der Waals surface area contributed by atoms with E-state index in [4.69, 9.17) is 9.47 Å². The molecule has 2 aromatic carbocycles. The SMILES string of the molecule is COc1ccc(OC)c2c1CN(Cc1nc3ccccc3c(=O)[nH]1)C[C@@H]2O. The van der Waals surface area contributed by atoms with Gasteiger partial charge in [-0.25, -0.2) is 4.98 Å². The number of benzene rings is 2. The molecule has 7 heteroatoms. The number of hydrogen-bond donors (Lipinski definition) is 2. The summed E-state index contributed by atoms with van der Waals surface area (Å²) in [5.74, 6) is 1.92. The number of para-hydroxylation sites is 1. The topological polar surface area (TPSA) is 87.7 Å². The van der Waals surface area contributed by atoms with Crippen molar-refractivity contribution in [3.63, 3.8) is 0 Å². The Bertz CT molecular complexity index is 1050. The lowest BCUT2D eigenvalue weighted by atomic mass is 9.95. The third-order valence-corrected chi connectivity index (χ3v) is 4.90. The molecule has 0 saturated carbocycles. The van der Waals surface area contributed by atoms with Crippen molar-refractivity contribution in [2.24, 2.45) is 0 Å². The first kappa shape index (κ1) is 17.5. The van der Waals surface area contributed by atoms with Crippen molar-refractivity contribution in [1.29, 1.82) is 0 Å². The number of aliphatic hydroxyl groups is 1. The van der Waals surface area contributed by atoms with Gasteiger partial charge in [-0.05, 0) is 24.3 Å². The Morgan fingerprint density at radius 1 is 1.19 bits per heavy atom. The van der Waals surface area contributed by atoms with Gasteiger partial charge in [-0.1, -0.05) is 12.1 Å². The Hall–Kier alpha value is -2.90. The predicted octanol–water partition coefficient (Wildman–Crippen LogP) is 1.99. The van der Waals surface area contributed by atoms with Gasteiger partial charge in [0, 0.05) is 24.2 Å². The molecule has 1 aliphatic heterocycles. The minimum Gasteiger partial charge on any atom is -0.496 e. The highest BCUT2D eigenvalue weighted by Crippen LogP contribution is 2.39. The van der Waals surface area contributed by atoms with Crippen molar-refractivity contribution in [3.05, 3.63) is 63.7 Å². The lowest BCUT2D eigenvalue weighted by molar-refractivity contribution is 0.0828. The number of methoxy groups -OCH3 is 2. The lowest BCUT2D eigenvalue weighted by Crippen LogP contribution is -2.34. The highest BCUT2D eigenvalue weighted by molar-refractivity contribution is 5.77. The average Bonchev–Trinajstić information content (AvgIpc) is 2.67. The van der Waals surface area contributed by atoms with Crippen molar-refractivity contribution in [2.45, 2.75) is 19.2 Å². The Balaban J connectivity index is 1.67. The molecule has 2 N–H and O–H groups in total. The summed E-state index contributed by atoms with van der Waals surface area (Å²) in [5.41, 5.74) is 2.15. The quantitative estimate of drug-likeness (QED) is 0.733. The summed E-state index contributed by atoms with van der Waals surface area (Å²) in [6.07, 6.45) is -0.717. The fraction of sp³-hybridized carbons (Fsp3) is 0.300. The van der Waals surface area contributed by atoms with E-state index in [1.807, 2.05) is 29.2 Å². The number of fused-ring (bicyclic) bond motifs is 2. The number of rotatable bonds is 4. The molecule has 2 heterocycles. The number of aromatic nitrogens is 2. The van der Waals surface area contributed by atoms with Crippen LogP contribution < -0.4 is 15.0 Å². The van der Waals surface area contributed by atoms with Crippen LogP contribution in [0.2, 0.25) is 0 Å². The van der Waals surface area contributed by atoms with E-state index in [-0.39, 0.29) is 5.56 Å². The van der Waals surface area contributed by atoms with E-state index < -0.39 is 6.10 Å². The smallest absolute Gasteiger partial charge is 0.258 e. The number of ether oxygens (including phenoxy) is 2. The predicted molar refractivity (Wildman–Crippen MR) is 101 cm³/mol. The van der Waals surface area contributed by atoms with Gasteiger partial charge in [0.2, 0.25) is 0 Å². The van der Waals surface area contributed by atoms with E-state index in [0.29, 0.717) is 47.9 Å². The number of H-pyrrole nitrogens is 1. The van der Waals surface area contributed by atoms with Crippen LogP contribution >= 0.6 is 0 Å². The number of nitrogens with zero attached hydrogens (tertiary/aromatic N) is 2. The van der Waals surface area contributed by atoms with E-state index in [2.05, 4.69) is 9.97 Å². The Labute approximate surface area is 156 Å². The van der Waals surface area contributed by atoms with Crippen LogP contribution in [0.5, 0.6) is 11.5 Å². The van der Waals surface area contributed by atoms with Gasteiger partial charge in [-0.15, -0.1) is 0 Å². The molecule has 0 saturated heterocycles. The zero-order valence-electron chi connectivity index (χ0n) is 15.2. The van der Waals surface area contributed by atoms with Crippen LogP contribution in [0.15, 0.2) is 41.2 Å². The maximum Gasteiger partial charge on any atom is 0.258 e. The minimum absolute atomic E-state index is 0.159. The largest absolute Gasteiger partial charge is 0.496 e. The fourth-order valence-electron chi connectivity index (χ4n) is 3.69. The lowest BCUT2D eigenvalue weighted by Gasteiger charge is -2.33. The van der Waals surface area contributed by atoms with E-state index in [0.717, 1.165) is 11.1 Å². The summed E-state index contributed by atoms with van der Waals surface area (Å²) >= 11 is 0.